The SMILES string of the molecule is CC(=O)OC(C/C=C\CCC[C@H](C)[C@H](C)[C@@H](C)[C@@H](C)C(C)C)/C(C)=C/c1csc(C)n1. The van der Waals surface area contributed by atoms with E-state index in [1.165, 1.54) is 19.8 Å². The predicted octanol–water partition coefficient (Wildman–Crippen LogP) is 8.10. The summed E-state index contributed by atoms with van der Waals surface area (Å²) in [6, 6.07) is 0. The summed E-state index contributed by atoms with van der Waals surface area (Å²) < 4.78 is 5.55. The van der Waals surface area contributed by atoms with E-state index < -0.39 is 0 Å². The lowest BCUT2D eigenvalue weighted by atomic mass is 9.73. The molecule has 0 N–H and O–H groups in total. The molecule has 1 rings (SSSR count). The van der Waals surface area contributed by atoms with E-state index in [9.17, 15) is 4.79 Å². The van der Waals surface area contributed by atoms with Gasteiger partial charge < -0.3 is 4.74 Å². The molecule has 0 spiro atoms. The quantitative estimate of drug-likeness (QED) is 0.174. The summed E-state index contributed by atoms with van der Waals surface area (Å²) in [5.74, 6) is 3.51. The number of hydrogen-bond donors (Lipinski definition) is 0. The fraction of sp³-hybridized carbons (Fsp3) is 0.704. The van der Waals surface area contributed by atoms with Crippen molar-refractivity contribution in [2.24, 2.45) is 29.6 Å². The molecular formula is C27H45NO2S. The number of nitrogens with zero attached hydrogens (tertiary/aromatic N) is 1. The summed E-state index contributed by atoms with van der Waals surface area (Å²) in [5.41, 5.74) is 1.96. The number of rotatable bonds is 13. The Morgan fingerprint density at radius 3 is 2.29 bits per heavy atom. The average molecular weight is 448 g/mol. The third-order valence-electron chi connectivity index (χ3n) is 6.98. The van der Waals surface area contributed by atoms with Crippen molar-refractivity contribution in [3.8, 4) is 0 Å². The lowest BCUT2D eigenvalue weighted by Gasteiger charge is -2.32. The molecule has 4 heteroatoms. The minimum absolute atomic E-state index is 0.229. The van der Waals surface area contributed by atoms with Gasteiger partial charge in [-0.15, -0.1) is 11.3 Å². The van der Waals surface area contributed by atoms with Crippen LogP contribution in [0.1, 0.15) is 91.8 Å². The van der Waals surface area contributed by atoms with Crippen molar-refractivity contribution in [2.75, 3.05) is 0 Å². The van der Waals surface area contributed by atoms with Crippen molar-refractivity contribution < 1.29 is 9.53 Å². The molecule has 0 radical (unpaired) electrons. The van der Waals surface area contributed by atoms with Gasteiger partial charge in [-0.25, -0.2) is 4.98 Å². The topological polar surface area (TPSA) is 39.2 Å². The minimum Gasteiger partial charge on any atom is -0.458 e. The summed E-state index contributed by atoms with van der Waals surface area (Å²) in [6.45, 7) is 19.8. The maximum Gasteiger partial charge on any atom is 0.303 e. The van der Waals surface area contributed by atoms with E-state index in [-0.39, 0.29) is 12.1 Å². The summed E-state index contributed by atoms with van der Waals surface area (Å²) in [4.78, 5) is 16.0. The standard InChI is InChI=1S/C27H45NO2S/c1-18(2)21(5)23(7)22(6)19(3)14-12-10-11-13-15-27(30-25(9)29)20(4)16-26-17-31-24(8)28-26/h11,13,16-19,21-23,27H,10,12,14-15H2,1-9H3/b13-11-,20-16+/t19-,21-,22-,23-,27?/m0/s1. The Balaban J connectivity index is 2.51. The highest BCUT2D eigenvalue weighted by Gasteiger charge is 2.25. The fourth-order valence-electron chi connectivity index (χ4n) is 4.06. The van der Waals surface area contributed by atoms with E-state index in [2.05, 4.69) is 58.7 Å². The Morgan fingerprint density at radius 2 is 1.74 bits per heavy atom. The van der Waals surface area contributed by atoms with Crippen LogP contribution in [0, 0.1) is 36.5 Å². The third-order valence-corrected chi connectivity index (χ3v) is 7.78. The van der Waals surface area contributed by atoms with Crippen LogP contribution in [0.2, 0.25) is 0 Å². The van der Waals surface area contributed by atoms with Crippen LogP contribution in [-0.2, 0) is 9.53 Å². The van der Waals surface area contributed by atoms with Crippen LogP contribution in [0.15, 0.2) is 23.1 Å². The van der Waals surface area contributed by atoms with Crippen molar-refractivity contribution in [3.63, 3.8) is 0 Å². The van der Waals surface area contributed by atoms with Gasteiger partial charge >= 0.3 is 5.97 Å². The second-order valence-electron chi connectivity index (χ2n) is 9.71. The number of ether oxygens (including phenoxy) is 1. The zero-order valence-corrected chi connectivity index (χ0v) is 22.1. The maximum absolute atomic E-state index is 11.5. The molecule has 0 fully saturated rings. The molecule has 176 valence electrons. The first-order valence-corrected chi connectivity index (χ1v) is 12.8. The van der Waals surface area contributed by atoms with Gasteiger partial charge in [-0.3, -0.25) is 4.79 Å². The Kier molecular flexibility index (Phi) is 12.4. The van der Waals surface area contributed by atoms with E-state index in [0.717, 1.165) is 52.3 Å². The highest BCUT2D eigenvalue weighted by Crippen LogP contribution is 2.33. The minimum atomic E-state index is -0.242. The van der Waals surface area contributed by atoms with E-state index >= 15 is 0 Å². The summed E-state index contributed by atoms with van der Waals surface area (Å²) in [7, 11) is 0. The Labute approximate surface area is 195 Å². The molecule has 0 aliphatic carbocycles. The molecule has 0 amide bonds. The number of aryl methyl sites for hydroxylation is 1. The van der Waals surface area contributed by atoms with E-state index in [0.29, 0.717) is 6.42 Å². The number of allylic oxidation sites excluding steroid dienone is 1. The highest BCUT2D eigenvalue weighted by atomic mass is 32.1. The van der Waals surface area contributed by atoms with Gasteiger partial charge in [-0.1, -0.05) is 60.1 Å². The first-order chi connectivity index (χ1) is 14.5. The summed E-state index contributed by atoms with van der Waals surface area (Å²) in [6.07, 6.45) is 10.4. The Hall–Kier alpha value is -1.42. The molecule has 1 heterocycles. The van der Waals surface area contributed by atoms with Crippen LogP contribution in [0.25, 0.3) is 6.08 Å². The molecule has 0 aliphatic heterocycles. The fourth-order valence-corrected chi connectivity index (χ4v) is 4.63. The first kappa shape index (κ1) is 27.6. The van der Waals surface area contributed by atoms with E-state index in [1.54, 1.807) is 11.3 Å². The molecule has 0 aromatic carbocycles. The van der Waals surface area contributed by atoms with Crippen molar-refractivity contribution in [1.29, 1.82) is 0 Å². The lowest BCUT2D eigenvalue weighted by molar-refractivity contribution is -0.144. The number of carbonyl (C=O) groups excluding carboxylic acids is 1. The summed E-state index contributed by atoms with van der Waals surface area (Å²) >= 11 is 1.63. The van der Waals surface area contributed by atoms with Gasteiger partial charge in [0.1, 0.15) is 6.10 Å². The number of aromatic nitrogens is 1. The number of thiazole rings is 1. The maximum atomic E-state index is 11.5. The van der Waals surface area contributed by atoms with Gasteiger partial charge in [-0.05, 0) is 67.9 Å². The van der Waals surface area contributed by atoms with Gasteiger partial charge in [0.25, 0.3) is 0 Å². The van der Waals surface area contributed by atoms with Crippen LogP contribution < -0.4 is 0 Å². The van der Waals surface area contributed by atoms with Crippen LogP contribution in [0.4, 0.5) is 0 Å². The van der Waals surface area contributed by atoms with E-state index in [1.807, 2.05) is 25.3 Å². The molecule has 31 heavy (non-hydrogen) atoms. The molecule has 1 unspecified atom stereocenters. The monoisotopic (exact) mass is 447 g/mol. The second kappa shape index (κ2) is 13.9. The molecule has 5 atom stereocenters. The van der Waals surface area contributed by atoms with E-state index in [4.69, 9.17) is 4.74 Å². The Bertz CT molecular complexity index is 719. The largest absolute Gasteiger partial charge is 0.458 e. The molecule has 0 saturated carbocycles. The number of hydrogen-bond acceptors (Lipinski definition) is 4. The van der Waals surface area contributed by atoms with Crippen molar-refractivity contribution in [1.82, 2.24) is 4.98 Å². The van der Waals surface area contributed by atoms with Gasteiger partial charge in [0.15, 0.2) is 0 Å². The Morgan fingerprint density at radius 1 is 1.06 bits per heavy atom. The van der Waals surface area contributed by atoms with Gasteiger partial charge in [0, 0.05) is 18.7 Å². The van der Waals surface area contributed by atoms with Gasteiger partial charge in [-0.2, -0.15) is 0 Å². The molecule has 0 saturated heterocycles. The zero-order valence-electron chi connectivity index (χ0n) is 21.3. The number of unbranched alkanes of at least 4 members (excludes halogenated alkanes) is 1. The molecule has 0 bridgehead atoms. The van der Waals surface area contributed by atoms with Crippen molar-refractivity contribution in [2.45, 2.75) is 94.1 Å². The van der Waals surface area contributed by atoms with Crippen molar-refractivity contribution >= 4 is 23.4 Å². The highest BCUT2D eigenvalue weighted by molar-refractivity contribution is 7.09. The van der Waals surface area contributed by atoms with Crippen LogP contribution in [0.5, 0.6) is 0 Å². The molecular weight excluding hydrogens is 402 g/mol. The molecule has 1 aromatic rings. The molecule has 1 aromatic heterocycles. The van der Waals surface area contributed by atoms with Crippen LogP contribution in [-0.4, -0.2) is 17.1 Å². The second-order valence-corrected chi connectivity index (χ2v) is 10.8. The summed E-state index contributed by atoms with van der Waals surface area (Å²) in [5, 5.41) is 3.07. The van der Waals surface area contributed by atoms with Crippen molar-refractivity contribution in [3.05, 3.63) is 33.8 Å². The molecule has 0 aliphatic rings. The normalized spacial score (nSPS) is 17.5. The predicted molar refractivity (Wildman–Crippen MR) is 135 cm³/mol. The third kappa shape index (κ3) is 10.2. The number of carbonyl (C=O) groups is 1. The lowest BCUT2D eigenvalue weighted by Crippen LogP contribution is -2.25. The van der Waals surface area contributed by atoms with Gasteiger partial charge in [0.05, 0.1) is 10.7 Å². The smallest absolute Gasteiger partial charge is 0.303 e. The van der Waals surface area contributed by atoms with Crippen LogP contribution >= 0.6 is 11.3 Å². The van der Waals surface area contributed by atoms with Crippen LogP contribution in [0.3, 0.4) is 0 Å². The number of esters is 1. The first-order valence-electron chi connectivity index (χ1n) is 11.9. The zero-order chi connectivity index (χ0) is 23.6. The average Bonchev–Trinajstić information content (AvgIpc) is 3.11. The van der Waals surface area contributed by atoms with Gasteiger partial charge in [0.2, 0.25) is 0 Å². The molecule has 3 nitrogen and oxygen atoms in total.